The molecule has 2 heterocycles. The number of anilines is 1. The van der Waals surface area contributed by atoms with Crippen LogP contribution in [0.3, 0.4) is 0 Å². The Balaban J connectivity index is 2.16. The van der Waals surface area contributed by atoms with Crippen molar-refractivity contribution < 1.29 is 4.74 Å². The van der Waals surface area contributed by atoms with E-state index in [1.165, 1.54) is 4.88 Å². The van der Waals surface area contributed by atoms with Crippen molar-refractivity contribution in [2.24, 2.45) is 5.73 Å². The summed E-state index contributed by atoms with van der Waals surface area (Å²) < 4.78 is 5.71. The van der Waals surface area contributed by atoms with Gasteiger partial charge in [-0.25, -0.2) is 4.98 Å². The number of thiazole rings is 1. The van der Waals surface area contributed by atoms with E-state index in [9.17, 15) is 0 Å². The lowest BCUT2D eigenvalue weighted by molar-refractivity contribution is -0.00523. The molecule has 1 aliphatic heterocycles. The summed E-state index contributed by atoms with van der Waals surface area (Å²) in [5.41, 5.74) is 6.74. The van der Waals surface area contributed by atoms with Gasteiger partial charge in [0.1, 0.15) is 0 Å². The average molecular weight is 241 g/mol. The SMILES string of the molecule is Cc1nc(N2CC(C)OC(C)C2)sc1CN. The van der Waals surface area contributed by atoms with Crippen LogP contribution < -0.4 is 10.6 Å². The van der Waals surface area contributed by atoms with Crippen molar-refractivity contribution in [2.75, 3.05) is 18.0 Å². The molecule has 0 aromatic carbocycles. The smallest absolute Gasteiger partial charge is 0.185 e. The Bertz CT molecular complexity index is 356. The zero-order chi connectivity index (χ0) is 11.7. The van der Waals surface area contributed by atoms with Gasteiger partial charge in [0.25, 0.3) is 0 Å². The first kappa shape index (κ1) is 11.8. The van der Waals surface area contributed by atoms with Crippen LogP contribution >= 0.6 is 11.3 Å². The van der Waals surface area contributed by atoms with E-state index in [0.29, 0.717) is 6.54 Å². The van der Waals surface area contributed by atoms with Gasteiger partial charge in [-0.15, -0.1) is 11.3 Å². The molecule has 2 unspecified atom stereocenters. The molecule has 5 heteroatoms. The number of hydrogen-bond donors (Lipinski definition) is 1. The van der Waals surface area contributed by atoms with Crippen molar-refractivity contribution in [3.8, 4) is 0 Å². The van der Waals surface area contributed by atoms with Gasteiger partial charge in [0.15, 0.2) is 5.13 Å². The molecule has 2 atom stereocenters. The Morgan fingerprint density at radius 1 is 1.44 bits per heavy atom. The quantitative estimate of drug-likeness (QED) is 0.853. The highest BCUT2D eigenvalue weighted by Crippen LogP contribution is 2.27. The van der Waals surface area contributed by atoms with Crippen LogP contribution in [0.25, 0.3) is 0 Å². The standard InChI is InChI=1S/C11H19N3OS/c1-7-5-14(6-8(2)15-7)11-13-9(3)10(4-12)16-11/h7-8H,4-6,12H2,1-3H3. The van der Waals surface area contributed by atoms with Crippen molar-refractivity contribution >= 4 is 16.5 Å². The van der Waals surface area contributed by atoms with E-state index in [4.69, 9.17) is 10.5 Å². The lowest BCUT2D eigenvalue weighted by Gasteiger charge is -2.35. The summed E-state index contributed by atoms with van der Waals surface area (Å²) in [6.45, 7) is 8.65. The minimum Gasteiger partial charge on any atom is -0.372 e. The van der Waals surface area contributed by atoms with Gasteiger partial charge >= 0.3 is 0 Å². The van der Waals surface area contributed by atoms with Gasteiger partial charge in [0, 0.05) is 24.5 Å². The van der Waals surface area contributed by atoms with Gasteiger partial charge in [-0.1, -0.05) is 0 Å². The van der Waals surface area contributed by atoms with Gasteiger partial charge in [-0.3, -0.25) is 0 Å². The molecular weight excluding hydrogens is 222 g/mol. The molecule has 4 nitrogen and oxygen atoms in total. The molecule has 0 radical (unpaired) electrons. The van der Waals surface area contributed by atoms with E-state index in [1.807, 2.05) is 6.92 Å². The van der Waals surface area contributed by atoms with Crippen molar-refractivity contribution in [3.63, 3.8) is 0 Å². The first-order valence-corrected chi connectivity index (χ1v) is 6.48. The first-order valence-electron chi connectivity index (χ1n) is 5.67. The molecule has 0 bridgehead atoms. The summed E-state index contributed by atoms with van der Waals surface area (Å²) in [4.78, 5) is 8.07. The predicted molar refractivity (Wildman–Crippen MR) is 67.0 cm³/mol. The maximum Gasteiger partial charge on any atom is 0.185 e. The van der Waals surface area contributed by atoms with Crippen LogP contribution in [0.2, 0.25) is 0 Å². The number of morpholine rings is 1. The van der Waals surface area contributed by atoms with E-state index < -0.39 is 0 Å². The Morgan fingerprint density at radius 2 is 2.06 bits per heavy atom. The lowest BCUT2D eigenvalue weighted by atomic mass is 10.2. The molecule has 0 aliphatic carbocycles. The second-order valence-corrected chi connectivity index (χ2v) is 5.43. The van der Waals surface area contributed by atoms with Crippen LogP contribution in [0, 0.1) is 6.92 Å². The molecule has 2 N–H and O–H groups in total. The first-order chi connectivity index (χ1) is 7.60. The molecule has 0 saturated carbocycles. The minimum atomic E-state index is 0.272. The summed E-state index contributed by atoms with van der Waals surface area (Å²) >= 11 is 1.70. The van der Waals surface area contributed by atoms with Crippen LogP contribution in [0.4, 0.5) is 5.13 Å². The van der Waals surface area contributed by atoms with E-state index in [2.05, 4.69) is 23.7 Å². The maximum atomic E-state index is 5.71. The van der Waals surface area contributed by atoms with Gasteiger partial charge in [0.05, 0.1) is 17.9 Å². The molecule has 1 saturated heterocycles. The topological polar surface area (TPSA) is 51.4 Å². The van der Waals surface area contributed by atoms with Crippen LogP contribution in [0.5, 0.6) is 0 Å². The molecule has 1 aromatic heterocycles. The minimum absolute atomic E-state index is 0.272. The molecule has 2 rings (SSSR count). The van der Waals surface area contributed by atoms with Crippen molar-refractivity contribution in [2.45, 2.75) is 39.5 Å². The Hall–Kier alpha value is -0.650. The lowest BCUT2D eigenvalue weighted by Crippen LogP contribution is -2.45. The molecule has 1 aromatic rings. The number of aryl methyl sites for hydroxylation is 1. The number of ether oxygens (including phenoxy) is 1. The van der Waals surface area contributed by atoms with E-state index >= 15 is 0 Å². The largest absolute Gasteiger partial charge is 0.372 e. The van der Waals surface area contributed by atoms with E-state index in [1.54, 1.807) is 11.3 Å². The number of hydrogen-bond acceptors (Lipinski definition) is 5. The van der Waals surface area contributed by atoms with Crippen LogP contribution in [0.1, 0.15) is 24.4 Å². The predicted octanol–water partition coefficient (Wildman–Crippen LogP) is 1.52. The number of rotatable bonds is 2. The second kappa shape index (κ2) is 4.69. The Kier molecular flexibility index (Phi) is 3.47. The molecule has 90 valence electrons. The zero-order valence-corrected chi connectivity index (χ0v) is 10.9. The van der Waals surface area contributed by atoms with E-state index in [-0.39, 0.29) is 12.2 Å². The molecule has 16 heavy (non-hydrogen) atoms. The summed E-state index contributed by atoms with van der Waals surface area (Å²) in [6.07, 6.45) is 0.545. The molecular formula is C11H19N3OS. The van der Waals surface area contributed by atoms with Gasteiger partial charge in [-0.2, -0.15) is 0 Å². The second-order valence-electron chi connectivity index (χ2n) is 4.37. The summed E-state index contributed by atoms with van der Waals surface area (Å²) in [5, 5.41) is 1.08. The number of aromatic nitrogens is 1. The molecule has 0 spiro atoms. The third-order valence-corrected chi connectivity index (χ3v) is 4.00. The van der Waals surface area contributed by atoms with Crippen molar-refractivity contribution in [1.82, 2.24) is 4.98 Å². The summed E-state index contributed by atoms with van der Waals surface area (Å²) in [6, 6.07) is 0. The third-order valence-electron chi connectivity index (χ3n) is 2.76. The van der Waals surface area contributed by atoms with Gasteiger partial charge < -0.3 is 15.4 Å². The molecule has 1 fully saturated rings. The number of nitrogens with two attached hydrogens (primary N) is 1. The fraction of sp³-hybridized carbons (Fsp3) is 0.727. The fourth-order valence-corrected chi connectivity index (χ4v) is 3.03. The third kappa shape index (κ3) is 2.36. The maximum absolute atomic E-state index is 5.71. The number of nitrogens with zero attached hydrogens (tertiary/aromatic N) is 2. The van der Waals surface area contributed by atoms with Crippen LogP contribution in [-0.2, 0) is 11.3 Å². The summed E-state index contributed by atoms with van der Waals surface area (Å²) in [7, 11) is 0. The van der Waals surface area contributed by atoms with Gasteiger partial charge in [0.2, 0.25) is 0 Å². The average Bonchev–Trinajstić information content (AvgIpc) is 2.58. The van der Waals surface area contributed by atoms with Crippen molar-refractivity contribution in [3.05, 3.63) is 10.6 Å². The Morgan fingerprint density at radius 3 is 2.56 bits per heavy atom. The molecule has 1 aliphatic rings. The highest BCUT2D eigenvalue weighted by Gasteiger charge is 2.24. The van der Waals surface area contributed by atoms with E-state index in [0.717, 1.165) is 23.9 Å². The Labute approximate surface area is 100 Å². The van der Waals surface area contributed by atoms with Gasteiger partial charge in [-0.05, 0) is 20.8 Å². The van der Waals surface area contributed by atoms with Crippen molar-refractivity contribution in [1.29, 1.82) is 0 Å². The summed E-state index contributed by atoms with van der Waals surface area (Å²) in [5.74, 6) is 0. The fourth-order valence-electron chi connectivity index (χ4n) is 2.07. The highest BCUT2D eigenvalue weighted by molar-refractivity contribution is 7.15. The normalized spacial score (nSPS) is 26.1. The van der Waals surface area contributed by atoms with Crippen LogP contribution in [0.15, 0.2) is 0 Å². The van der Waals surface area contributed by atoms with Crippen LogP contribution in [-0.4, -0.2) is 30.3 Å². The monoisotopic (exact) mass is 241 g/mol. The zero-order valence-electron chi connectivity index (χ0n) is 10.1. The highest BCUT2D eigenvalue weighted by atomic mass is 32.1. The molecule has 0 amide bonds.